The molecule has 1 aromatic carbocycles. The lowest BCUT2D eigenvalue weighted by atomic mass is 10.1. The van der Waals surface area contributed by atoms with Crippen LogP contribution in [0.15, 0.2) is 42.7 Å². The van der Waals surface area contributed by atoms with Crippen LogP contribution >= 0.6 is 0 Å². The van der Waals surface area contributed by atoms with Crippen molar-refractivity contribution < 1.29 is 9.53 Å². The fourth-order valence-corrected chi connectivity index (χ4v) is 3.25. The highest BCUT2D eigenvalue weighted by molar-refractivity contribution is 5.81. The van der Waals surface area contributed by atoms with E-state index in [0.29, 0.717) is 19.2 Å². The SMILES string of the molecule is O=C(C1CCCCO1)N(Cc1cnn(-c2ccccc2)c1)C1CC1. The van der Waals surface area contributed by atoms with Crippen LogP contribution in [0.2, 0.25) is 0 Å². The molecule has 2 aliphatic rings. The first-order valence-corrected chi connectivity index (χ1v) is 8.82. The molecule has 1 amide bonds. The van der Waals surface area contributed by atoms with E-state index in [0.717, 1.165) is 43.4 Å². The smallest absolute Gasteiger partial charge is 0.252 e. The Bertz CT molecular complexity index is 688. The van der Waals surface area contributed by atoms with E-state index < -0.39 is 0 Å². The summed E-state index contributed by atoms with van der Waals surface area (Å²) in [5, 5.41) is 4.44. The predicted molar refractivity (Wildman–Crippen MR) is 90.7 cm³/mol. The fraction of sp³-hybridized carbons (Fsp3) is 0.474. The van der Waals surface area contributed by atoms with Gasteiger partial charge in [-0.1, -0.05) is 18.2 Å². The van der Waals surface area contributed by atoms with Gasteiger partial charge in [-0.05, 0) is 44.2 Å². The summed E-state index contributed by atoms with van der Waals surface area (Å²) in [6, 6.07) is 10.4. The molecule has 0 bridgehead atoms. The van der Waals surface area contributed by atoms with Gasteiger partial charge in [0.2, 0.25) is 0 Å². The summed E-state index contributed by atoms with van der Waals surface area (Å²) in [7, 11) is 0. The summed E-state index contributed by atoms with van der Waals surface area (Å²) in [5.41, 5.74) is 2.10. The molecule has 2 aromatic rings. The Morgan fingerprint density at radius 3 is 2.75 bits per heavy atom. The lowest BCUT2D eigenvalue weighted by molar-refractivity contribution is -0.147. The topological polar surface area (TPSA) is 47.4 Å². The van der Waals surface area contributed by atoms with Crippen LogP contribution in [0.5, 0.6) is 0 Å². The third-order valence-corrected chi connectivity index (χ3v) is 4.74. The molecule has 24 heavy (non-hydrogen) atoms. The first-order chi connectivity index (χ1) is 11.8. The zero-order valence-corrected chi connectivity index (χ0v) is 13.8. The number of ether oxygens (including phenoxy) is 1. The van der Waals surface area contributed by atoms with E-state index in [-0.39, 0.29) is 12.0 Å². The Hall–Kier alpha value is -2.14. The standard InChI is InChI=1S/C19H23N3O2/c23-19(18-8-4-5-11-24-18)21(16-9-10-16)13-15-12-20-22(14-15)17-6-2-1-3-7-17/h1-3,6-7,12,14,16,18H,4-5,8-11,13H2. The number of benzene rings is 1. The highest BCUT2D eigenvalue weighted by atomic mass is 16.5. The van der Waals surface area contributed by atoms with Crippen LogP contribution in [0.25, 0.3) is 5.69 Å². The Labute approximate surface area is 142 Å². The number of hydrogen-bond donors (Lipinski definition) is 0. The molecule has 1 aliphatic carbocycles. The number of aromatic nitrogens is 2. The van der Waals surface area contributed by atoms with Crippen molar-refractivity contribution in [2.75, 3.05) is 6.61 Å². The predicted octanol–water partition coefficient (Wildman–Crippen LogP) is 2.93. The number of para-hydroxylation sites is 1. The van der Waals surface area contributed by atoms with Crippen molar-refractivity contribution in [3.05, 3.63) is 48.3 Å². The van der Waals surface area contributed by atoms with Crippen LogP contribution in [0.4, 0.5) is 0 Å². The van der Waals surface area contributed by atoms with Gasteiger partial charge in [0.15, 0.2) is 0 Å². The first kappa shape index (κ1) is 15.4. The van der Waals surface area contributed by atoms with Gasteiger partial charge in [0.1, 0.15) is 6.10 Å². The minimum Gasteiger partial charge on any atom is -0.368 e. The first-order valence-electron chi connectivity index (χ1n) is 8.82. The second-order valence-corrected chi connectivity index (χ2v) is 6.68. The summed E-state index contributed by atoms with van der Waals surface area (Å²) in [5.74, 6) is 0.157. The zero-order valence-electron chi connectivity index (χ0n) is 13.8. The number of carbonyl (C=O) groups is 1. The number of hydrogen-bond acceptors (Lipinski definition) is 3. The van der Waals surface area contributed by atoms with Crippen molar-refractivity contribution in [3.63, 3.8) is 0 Å². The van der Waals surface area contributed by atoms with Gasteiger partial charge in [-0.15, -0.1) is 0 Å². The minimum absolute atomic E-state index is 0.157. The number of carbonyl (C=O) groups excluding carboxylic acids is 1. The highest BCUT2D eigenvalue weighted by Crippen LogP contribution is 2.30. The fourth-order valence-electron chi connectivity index (χ4n) is 3.25. The van der Waals surface area contributed by atoms with Crippen molar-refractivity contribution in [3.8, 4) is 5.69 Å². The van der Waals surface area contributed by atoms with Gasteiger partial charge in [-0.3, -0.25) is 4.79 Å². The van der Waals surface area contributed by atoms with Gasteiger partial charge in [-0.2, -0.15) is 5.10 Å². The average Bonchev–Trinajstić information content (AvgIpc) is 3.38. The zero-order chi connectivity index (χ0) is 16.4. The Morgan fingerprint density at radius 1 is 1.21 bits per heavy atom. The second-order valence-electron chi connectivity index (χ2n) is 6.68. The molecule has 126 valence electrons. The maximum absolute atomic E-state index is 12.8. The van der Waals surface area contributed by atoms with Gasteiger partial charge < -0.3 is 9.64 Å². The Kier molecular flexibility index (Phi) is 4.34. The van der Waals surface area contributed by atoms with Crippen LogP contribution in [-0.2, 0) is 16.1 Å². The molecule has 5 heteroatoms. The van der Waals surface area contributed by atoms with Crippen molar-refractivity contribution in [1.29, 1.82) is 0 Å². The van der Waals surface area contributed by atoms with E-state index in [9.17, 15) is 4.79 Å². The molecule has 5 nitrogen and oxygen atoms in total. The molecule has 1 atom stereocenters. The Balaban J connectivity index is 1.47. The molecule has 0 radical (unpaired) electrons. The summed E-state index contributed by atoms with van der Waals surface area (Å²) in [6.07, 6.45) is 8.83. The van der Waals surface area contributed by atoms with Crippen LogP contribution in [0.3, 0.4) is 0 Å². The molecule has 1 unspecified atom stereocenters. The third-order valence-electron chi connectivity index (χ3n) is 4.74. The van der Waals surface area contributed by atoms with E-state index >= 15 is 0 Å². The normalized spacial score (nSPS) is 20.8. The summed E-state index contributed by atoms with van der Waals surface area (Å²) >= 11 is 0. The molecule has 1 saturated heterocycles. The van der Waals surface area contributed by atoms with E-state index in [1.54, 1.807) is 0 Å². The van der Waals surface area contributed by atoms with Gasteiger partial charge in [-0.25, -0.2) is 4.68 Å². The van der Waals surface area contributed by atoms with Crippen LogP contribution in [0, 0.1) is 0 Å². The van der Waals surface area contributed by atoms with E-state index in [2.05, 4.69) is 5.10 Å². The molecule has 1 aromatic heterocycles. The third kappa shape index (κ3) is 3.36. The van der Waals surface area contributed by atoms with Gasteiger partial charge in [0, 0.05) is 31.0 Å². The van der Waals surface area contributed by atoms with Crippen molar-refractivity contribution in [1.82, 2.24) is 14.7 Å². The lowest BCUT2D eigenvalue weighted by Crippen LogP contribution is -2.42. The second kappa shape index (κ2) is 6.77. The largest absolute Gasteiger partial charge is 0.368 e. The van der Waals surface area contributed by atoms with Crippen molar-refractivity contribution >= 4 is 5.91 Å². The summed E-state index contributed by atoms with van der Waals surface area (Å²) in [6.45, 7) is 1.33. The van der Waals surface area contributed by atoms with E-state index in [1.807, 2.05) is 52.3 Å². The summed E-state index contributed by atoms with van der Waals surface area (Å²) < 4.78 is 7.56. The maximum atomic E-state index is 12.8. The minimum atomic E-state index is -0.247. The van der Waals surface area contributed by atoms with Gasteiger partial charge >= 0.3 is 0 Å². The number of amides is 1. The average molecular weight is 325 g/mol. The van der Waals surface area contributed by atoms with Crippen molar-refractivity contribution in [2.24, 2.45) is 0 Å². The monoisotopic (exact) mass is 325 g/mol. The van der Waals surface area contributed by atoms with Gasteiger partial charge in [0.05, 0.1) is 11.9 Å². The van der Waals surface area contributed by atoms with Crippen LogP contribution in [-0.4, -0.2) is 39.3 Å². The van der Waals surface area contributed by atoms with Crippen molar-refractivity contribution in [2.45, 2.75) is 50.8 Å². The van der Waals surface area contributed by atoms with Crippen LogP contribution < -0.4 is 0 Å². The molecule has 1 saturated carbocycles. The molecule has 1 aliphatic heterocycles. The van der Waals surface area contributed by atoms with E-state index in [1.165, 1.54) is 0 Å². The molecule has 0 spiro atoms. The Morgan fingerprint density at radius 2 is 2.04 bits per heavy atom. The molecule has 2 fully saturated rings. The quantitative estimate of drug-likeness (QED) is 0.849. The molecular formula is C19H23N3O2. The van der Waals surface area contributed by atoms with Gasteiger partial charge in [0.25, 0.3) is 5.91 Å². The molecular weight excluding hydrogens is 302 g/mol. The highest BCUT2D eigenvalue weighted by Gasteiger charge is 2.36. The number of rotatable bonds is 5. The van der Waals surface area contributed by atoms with E-state index in [4.69, 9.17) is 4.74 Å². The van der Waals surface area contributed by atoms with Crippen LogP contribution in [0.1, 0.15) is 37.7 Å². The molecule has 0 N–H and O–H groups in total. The maximum Gasteiger partial charge on any atom is 0.252 e. The molecule has 4 rings (SSSR count). The molecule has 2 heterocycles. The number of nitrogens with zero attached hydrogens (tertiary/aromatic N) is 3. The summed E-state index contributed by atoms with van der Waals surface area (Å²) in [4.78, 5) is 14.8. The lowest BCUT2D eigenvalue weighted by Gasteiger charge is -2.29.